The van der Waals surface area contributed by atoms with Crippen LogP contribution < -0.4 is 19.5 Å². The van der Waals surface area contributed by atoms with Gasteiger partial charge in [-0.1, -0.05) is 19.8 Å². The normalized spacial score (nSPS) is 10.5. The van der Waals surface area contributed by atoms with Crippen LogP contribution in [0.15, 0.2) is 12.1 Å². The van der Waals surface area contributed by atoms with Crippen molar-refractivity contribution in [1.29, 1.82) is 0 Å². The molecule has 0 aliphatic rings. The van der Waals surface area contributed by atoms with E-state index in [9.17, 15) is 0 Å². The molecule has 0 bridgehead atoms. The van der Waals surface area contributed by atoms with Crippen molar-refractivity contribution in [2.45, 2.75) is 39.0 Å². The molecule has 0 heterocycles. The second-order valence-electron chi connectivity index (χ2n) is 5.03. The second kappa shape index (κ2) is 10.3. The number of hydrogen-bond acceptors (Lipinski definition) is 4. The summed E-state index contributed by atoms with van der Waals surface area (Å²) >= 11 is 0. The van der Waals surface area contributed by atoms with Crippen molar-refractivity contribution in [3.05, 3.63) is 17.7 Å². The van der Waals surface area contributed by atoms with E-state index in [-0.39, 0.29) is 0 Å². The van der Waals surface area contributed by atoms with Gasteiger partial charge in [0.1, 0.15) is 17.2 Å². The van der Waals surface area contributed by atoms with Crippen LogP contribution in [-0.2, 0) is 6.42 Å². The molecule has 1 aromatic rings. The third-order valence-corrected chi connectivity index (χ3v) is 3.60. The van der Waals surface area contributed by atoms with E-state index >= 15 is 0 Å². The summed E-state index contributed by atoms with van der Waals surface area (Å²) in [4.78, 5) is 0. The Morgan fingerprint density at radius 2 is 1.48 bits per heavy atom. The number of unbranched alkanes of at least 4 members (excludes halogenated alkanes) is 3. The quantitative estimate of drug-likeness (QED) is 0.635. The van der Waals surface area contributed by atoms with E-state index in [0.29, 0.717) is 0 Å². The third kappa shape index (κ3) is 5.84. The number of methoxy groups -OCH3 is 3. The van der Waals surface area contributed by atoms with Crippen molar-refractivity contribution >= 4 is 0 Å². The molecule has 0 saturated carbocycles. The zero-order valence-corrected chi connectivity index (χ0v) is 13.8. The van der Waals surface area contributed by atoms with Crippen LogP contribution in [0.25, 0.3) is 0 Å². The minimum Gasteiger partial charge on any atom is -0.496 e. The summed E-state index contributed by atoms with van der Waals surface area (Å²) in [6.45, 7) is 4.31. The van der Waals surface area contributed by atoms with Crippen LogP contribution in [0.4, 0.5) is 0 Å². The molecule has 0 radical (unpaired) electrons. The SMILES string of the molecule is CCNCCCCCCc1c(OC)cc(OC)cc1OC. The summed E-state index contributed by atoms with van der Waals surface area (Å²) in [5.74, 6) is 2.45. The first-order valence-corrected chi connectivity index (χ1v) is 7.76. The van der Waals surface area contributed by atoms with Gasteiger partial charge < -0.3 is 19.5 Å². The van der Waals surface area contributed by atoms with E-state index in [4.69, 9.17) is 14.2 Å². The molecule has 0 unspecified atom stereocenters. The summed E-state index contributed by atoms with van der Waals surface area (Å²) in [6.07, 6.45) is 5.84. The van der Waals surface area contributed by atoms with Crippen LogP contribution in [0.3, 0.4) is 0 Å². The highest BCUT2D eigenvalue weighted by atomic mass is 16.5. The summed E-state index contributed by atoms with van der Waals surface area (Å²) in [7, 11) is 5.03. The van der Waals surface area contributed by atoms with Crippen molar-refractivity contribution in [2.24, 2.45) is 0 Å². The maximum Gasteiger partial charge on any atom is 0.129 e. The van der Waals surface area contributed by atoms with E-state index < -0.39 is 0 Å². The maximum absolute atomic E-state index is 5.47. The highest BCUT2D eigenvalue weighted by Gasteiger charge is 2.12. The first kappa shape index (κ1) is 17.6. The van der Waals surface area contributed by atoms with Gasteiger partial charge in [-0.05, 0) is 32.4 Å². The third-order valence-electron chi connectivity index (χ3n) is 3.60. The molecule has 1 aromatic carbocycles. The van der Waals surface area contributed by atoms with Crippen molar-refractivity contribution < 1.29 is 14.2 Å². The van der Waals surface area contributed by atoms with E-state index in [1.54, 1.807) is 21.3 Å². The zero-order valence-electron chi connectivity index (χ0n) is 13.8. The van der Waals surface area contributed by atoms with Crippen molar-refractivity contribution in [3.63, 3.8) is 0 Å². The van der Waals surface area contributed by atoms with Gasteiger partial charge in [-0.15, -0.1) is 0 Å². The van der Waals surface area contributed by atoms with Crippen LogP contribution in [0.1, 0.15) is 38.2 Å². The molecule has 1 rings (SSSR count). The minimum absolute atomic E-state index is 0.762. The topological polar surface area (TPSA) is 39.7 Å². The van der Waals surface area contributed by atoms with E-state index in [2.05, 4.69) is 12.2 Å². The predicted octanol–water partition coefficient (Wildman–Crippen LogP) is 3.42. The monoisotopic (exact) mass is 295 g/mol. The molecule has 120 valence electrons. The Hall–Kier alpha value is -1.42. The molecule has 21 heavy (non-hydrogen) atoms. The first-order valence-electron chi connectivity index (χ1n) is 7.76. The van der Waals surface area contributed by atoms with Gasteiger partial charge in [0.2, 0.25) is 0 Å². The summed E-state index contributed by atoms with van der Waals surface area (Å²) < 4.78 is 16.2. The van der Waals surface area contributed by atoms with Crippen LogP contribution in [0, 0.1) is 0 Å². The van der Waals surface area contributed by atoms with Gasteiger partial charge in [0.15, 0.2) is 0 Å². The van der Waals surface area contributed by atoms with Crippen molar-refractivity contribution in [3.8, 4) is 17.2 Å². The van der Waals surface area contributed by atoms with Gasteiger partial charge in [0, 0.05) is 17.7 Å². The molecule has 0 aliphatic heterocycles. The Morgan fingerprint density at radius 1 is 0.857 bits per heavy atom. The van der Waals surface area contributed by atoms with Gasteiger partial charge in [0.25, 0.3) is 0 Å². The molecule has 0 aliphatic carbocycles. The molecule has 0 fully saturated rings. The molecular formula is C17H29NO3. The molecule has 1 N–H and O–H groups in total. The molecule has 4 heteroatoms. The van der Waals surface area contributed by atoms with Crippen LogP contribution in [0.2, 0.25) is 0 Å². The lowest BCUT2D eigenvalue weighted by Gasteiger charge is -2.15. The number of ether oxygens (including phenoxy) is 3. The number of nitrogens with one attached hydrogen (secondary N) is 1. The lowest BCUT2D eigenvalue weighted by Crippen LogP contribution is -2.13. The number of rotatable bonds is 11. The predicted molar refractivity (Wildman–Crippen MR) is 86.8 cm³/mol. The average molecular weight is 295 g/mol. The fourth-order valence-electron chi connectivity index (χ4n) is 2.41. The molecule has 0 saturated heterocycles. The lowest BCUT2D eigenvalue weighted by atomic mass is 10.0. The second-order valence-corrected chi connectivity index (χ2v) is 5.03. The van der Waals surface area contributed by atoms with E-state index in [0.717, 1.165) is 48.7 Å². The van der Waals surface area contributed by atoms with Gasteiger partial charge in [0.05, 0.1) is 21.3 Å². The molecule has 0 spiro atoms. The molecular weight excluding hydrogens is 266 g/mol. The minimum atomic E-state index is 0.762. The van der Waals surface area contributed by atoms with Gasteiger partial charge >= 0.3 is 0 Å². The van der Waals surface area contributed by atoms with Crippen LogP contribution in [0.5, 0.6) is 17.2 Å². The summed E-state index contributed by atoms with van der Waals surface area (Å²) in [5, 5.41) is 3.35. The van der Waals surface area contributed by atoms with Gasteiger partial charge in [-0.25, -0.2) is 0 Å². The Labute approximate surface area is 128 Å². The molecule has 0 amide bonds. The standard InChI is InChI=1S/C17H29NO3/c1-5-18-11-9-7-6-8-10-15-16(20-3)12-14(19-2)13-17(15)21-4/h12-13,18H,5-11H2,1-4H3. The molecule has 0 atom stereocenters. The molecule has 4 nitrogen and oxygen atoms in total. The highest BCUT2D eigenvalue weighted by Crippen LogP contribution is 2.35. The molecule has 0 aromatic heterocycles. The van der Waals surface area contributed by atoms with E-state index in [1.807, 2.05) is 12.1 Å². The number of benzene rings is 1. The zero-order chi connectivity index (χ0) is 15.5. The first-order chi connectivity index (χ1) is 10.3. The Kier molecular flexibility index (Phi) is 8.67. The number of hydrogen-bond donors (Lipinski definition) is 1. The van der Waals surface area contributed by atoms with Crippen molar-refractivity contribution in [2.75, 3.05) is 34.4 Å². The Bertz CT molecular complexity index is 382. The fraction of sp³-hybridized carbons (Fsp3) is 0.647. The summed E-state index contributed by atoms with van der Waals surface area (Å²) in [6, 6.07) is 3.84. The fourth-order valence-corrected chi connectivity index (χ4v) is 2.41. The van der Waals surface area contributed by atoms with E-state index in [1.165, 1.54) is 19.3 Å². The summed E-state index contributed by atoms with van der Waals surface area (Å²) in [5.41, 5.74) is 1.13. The lowest BCUT2D eigenvalue weighted by molar-refractivity contribution is 0.367. The largest absolute Gasteiger partial charge is 0.496 e. The van der Waals surface area contributed by atoms with Crippen molar-refractivity contribution in [1.82, 2.24) is 5.32 Å². The maximum atomic E-state index is 5.47. The highest BCUT2D eigenvalue weighted by molar-refractivity contribution is 5.50. The smallest absolute Gasteiger partial charge is 0.129 e. The van der Waals surface area contributed by atoms with Crippen LogP contribution in [-0.4, -0.2) is 34.4 Å². The average Bonchev–Trinajstić information content (AvgIpc) is 2.53. The Balaban J connectivity index is 2.53. The van der Waals surface area contributed by atoms with Gasteiger partial charge in [-0.3, -0.25) is 0 Å². The van der Waals surface area contributed by atoms with Gasteiger partial charge in [-0.2, -0.15) is 0 Å². The van der Waals surface area contributed by atoms with Crippen LogP contribution >= 0.6 is 0 Å². The Morgan fingerprint density at radius 3 is 2.00 bits per heavy atom.